The van der Waals surface area contributed by atoms with E-state index in [2.05, 4.69) is 5.32 Å². The molecule has 2 fully saturated rings. The summed E-state index contributed by atoms with van der Waals surface area (Å²) in [5, 5.41) is 3.27. The van der Waals surface area contributed by atoms with Crippen LogP contribution in [0.25, 0.3) is 0 Å². The van der Waals surface area contributed by atoms with Crippen LogP contribution in [0, 0.1) is 5.92 Å². The van der Waals surface area contributed by atoms with Crippen LogP contribution in [0.2, 0.25) is 0 Å². The maximum atomic E-state index is 12.6. The highest BCUT2D eigenvalue weighted by Gasteiger charge is 2.29. The van der Waals surface area contributed by atoms with Crippen molar-refractivity contribution in [3.63, 3.8) is 0 Å². The van der Waals surface area contributed by atoms with E-state index in [0.29, 0.717) is 45.1 Å². The minimum atomic E-state index is 0.174. The first-order valence-corrected chi connectivity index (χ1v) is 9.59. The van der Waals surface area contributed by atoms with Crippen molar-refractivity contribution in [2.24, 2.45) is 5.92 Å². The minimum absolute atomic E-state index is 0.174. The van der Waals surface area contributed by atoms with Gasteiger partial charge in [-0.2, -0.15) is 0 Å². The standard InChI is InChI=1S/C20H29N3O2/c24-19(11-12-21-18-9-5-2-6-10-18)22-13-15-23(16-14-22)20(25)17-7-3-1-4-8-17/h2,5-6,9-10,17,21H,1,3-4,7-8,11-16H2. The van der Waals surface area contributed by atoms with Crippen molar-refractivity contribution in [1.29, 1.82) is 0 Å². The summed E-state index contributed by atoms with van der Waals surface area (Å²) >= 11 is 0. The molecule has 2 amide bonds. The smallest absolute Gasteiger partial charge is 0.225 e. The number of hydrogen-bond donors (Lipinski definition) is 1. The molecule has 0 unspecified atom stereocenters. The summed E-state index contributed by atoms with van der Waals surface area (Å²) in [6, 6.07) is 9.93. The number of hydrogen-bond acceptors (Lipinski definition) is 3. The van der Waals surface area contributed by atoms with Crippen LogP contribution in [-0.4, -0.2) is 54.3 Å². The van der Waals surface area contributed by atoms with Crippen molar-refractivity contribution in [2.45, 2.75) is 38.5 Å². The molecular formula is C20H29N3O2. The summed E-state index contributed by atoms with van der Waals surface area (Å²) in [6.45, 7) is 3.36. The number of carbonyl (C=O) groups is 2. The van der Waals surface area contributed by atoms with Crippen molar-refractivity contribution in [3.8, 4) is 0 Å². The van der Waals surface area contributed by atoms with Crippen molar-refractivity contribution in [2.75, 3.05) is 38.0 Å². The van der Waals surface area contributed by atoms with Gasteiger partial charge in [-0.05, 0) is 25.0 Å². The molecule has 1 N–H and O–H groups in total. The Hall–Kier alpha value is -2.04. The van der Waals surface area contributed by atoms with E-state index in [9.17, 15) is 9.59 Å². The molecule has 2 aliphatic rings. The lowest BCUT2D eigenvalue weighted by Crippen LogP contribution is -2.52. The second-order valence-corrected chi connectivity index (χ2v) is 7.08. The van der Waals surface area contributed by atoms with Crippen LogP contribution in [0.1, 0.15) is 38.5 Å². The first-order valence-electron chi connectivity index (χ1n) is 9.59. The van der Waals surface area contributed by atoms with Crippen LogP contribution in [0.3, 0.4) is 0 Å². The molecule has 1 saturated carbocycles. The van der Waals surface area contributed by atoms with Crippen molar-refractivity contribution in [1.82, 2.24) is 9.80 Å². The largest absolute Gasteiger partial charge is 0.385 e. The average molecular weight is 343 g/mol. The number of para-hydroxylation sites is 1. The fraction of sp³-hybridized carbons (Fsp3) is 0.600. The molecule has 1 aliphatic carbocycles. The molecule has 5 nitrogen and oxygen atoms in total. The Balaban J connectivity index is 1.37. The molecule has 1 heterocycles. The monoisotopic (exact) mass is 343 g/mol. The highest BCUT2D eigenvalue weighted by molar-refractivity contribution is 5.80. The maximum absolute atomic E-state index is 12.6. The molecular weight excluding hydrogens is 314 g/mol. The summed E-state index contributed by atoms with van der Waals surface area (Å²) in [5.41, 5.74) is 1.04. The predicted octanol–water partition coefficient (Wildman–Crippen LogP) is 2.74. The topological polar surface area (TPSA) is 52.7 Å². The van der Waals surface area contributed by atoms with E-state index in [1.54, 1.807) is 0 Å². The van der Waals surface area contributed by atoms with Crippen LogP contribution < -0.4 is 5.32 Å². The second kappa shape index (κ2) is 8.88. The zero-order valence-corrected chi connectivity index (χ0v) is 15.0. The van der Waals surface area contributed by atoms with Gasteiger partial charge >= 0.3 is 0 Å². The summed E-state index contributed by atoms with van der Waals surface area (Å²) in [5.74, 6) is 0.719. The zero-order valence-electron chi connectivity index (χ0n) is 15.0. The Labute approximate surface area is 150 Å². The van der Waals surface area contributed by atoms with E-state index in [4.69, 9.17) is 0 Å². The quantitative estimate of drug-likeness (QED) is 0.894. The van der Waals surface area contributed by atoms with Gasteiger partial charge in [0.15, 0.2) is 0 Å². The number of anilines is 1. The molecule has 136 valence electrons. The normalized spacial score (nSPS) is 18.9. The molecule has 25 heavy (non-hydrogen) atoms. The van der Waals surface area contributed by atoms with Crippen LogP contribution in [0.5, 0.6) is 0 Å². The number of nitrogens with one attached hydrogen (secondary N) is 1. The van der Waals surface area contributed by atoms with Gasteiger partial charge in [0.2, 0.25) is 11.8 Å². The van der Waals surface area contributed by atoms with Gasteiger partial charge < -0.3 is 15.1 Å². The molecule has 1 saturated heterocycles. The van der Waals surface area contributed by atoms with E-state index < -0.39 is 0 Å². The van der Waals surface area contributed by atoms with Gasteiger partial charge in [0.05, 0.1) is 0 Å². The van der Waals surface area contributed by atoms with E-state index in [1.807, 2.05) is 40.1 Å². The van der Waals surface area contributed by atoms with E-state index in [-0.39, 0.29) is 11.8 Å². The number of carbonyl (C=O) groups excluding carboxylic acids is 2. The Kier molecular flexibility index (Phi) is 6.31. The molecule has 0 spiro atoms. The Morgan fingerprint density at radius 3 is 2.24 bits per heavy atom. The van der Waals surface area contributed by atoms with Gasteiger partial charge in [0, 0.05) is 50.7 Å². The average Bonchev–Trinajstić information content (AvgIpc) is 2.69. The SMILES string of the molecule is O=C(CCNc1ccccc1)N1CCN(C(=O)C2CCCCC2)CC1. The fourth-order valence-electron chi connectivity index (χ4n) is 3.81. The van der Waals surface area contributed by atoms with Crippen molar-refractivity contribution in [3.05, 3.63) is 30.3 Å². The summed E-state index contributed by atoms with van der Waals surface area (Å²) in [7, 11) is 0. The highest BCUT2D eigenvalue weighted by Crippen LogP contribution is 2.25. The van der Waals surface area contributed by atoms with E-state index in [1.165, 1.54) is 19.3 Å². The summed E-state index contributed by atoms with van der Waals surface area (Å²) in [4.78, 5) is 28.8. The molecule has 0 radical (unpaired) electrons. The maximum Gasteiger partial charge on any atom is 0.225 e. The van der Waals surface area contributed by atoms with Gasteiger partial charge in [-0.15, -0.1) is 0 Å². The van der Waals surface area contributed by atoms with E-state index >= 15 is 0 Å². The van der Waals surface area contributed by atoms with Gasteiger partial charge in [-0.25, -0.2) is 0 Å². The number of piperazine rings is 1. The van der Waals surface area contributed by atoms with Crippen molar-refractivity contribution < 1.29 is 9.59 Å². The molecule has 1 aromatic carbocycles. The van der Waals surface area contributed by atoms with Gasteiger partial charge in [-0.1, -0.05) is 37.5 Å². The van der Waals surface area contributed by atoms with Crippen LogP contribution in [0.15, 0.2) is 30.3 Å². The van der Waals surface area contributed by atoms with Crippen molar-refractivity contribution >= 4 is 17.5 Å². The number of nitrogens with zero attached hydrogens (tertiary/aromatic N) is 2. The van der Waals surface area contributed by atoms with Crippen LogP contribution in [-0.2, 0) is 9.59 Å². The summed E-state index contributed by atoms with van der Waals surface area (Å²) < 4.78 is 0. The first kappa shape index (κ1) is 17.8. The molecule has 3 rings (SSSR count). The lowest BCUT2D eigenvalue weighted by molar-refractivity contribution is -0.142. The third-order valence-corrected chi connectivity index (χ3v) is 5.34. The number of rotatable bonds is 5. The lowest BCUT2D eigenvalue weighted by Gasteiger charge is -2.37. The van der Waals surface area contributed by atoms with Crippen LogP contribution in [0.4, 0.5) is 5.69 Å². The third kappa shape index (κ3) is 4.97. The Morgan fingerprint density at radius 1 is 0.920 bits per heavy atom. The Bertz CT molecular complexity index is 562. The molecule has 0 aromatic heterocycles. The van der Waals surface area contributed by atoms with Gasteiger partial charge in [-0.3, -0.25) is 9.59 Å². The molecule has 1 aliphatic heterocycles. The first-order chi connectivity index (χ1) is 12.2. The predicted molar refractivity (Wildman–Crippen MR) is 99.3 cm³/mol. The number of benzene rings is 1. The molecule has 5 heteroatoms. The van der Waals surface area contributed by atoms with Crippen LogP contribution >= 0.6 is 0 Å². The van der Waals surface area contributed by atoms with Gasteiger partial charge in [0.25, 0.3) is 0 Å². The molecule has 0 atom stereocenters. The summed E-state index contributed by atoms with van der Waals surface area (Å²) in [6.07, 6.45) is 6.22. The fourth-order valence-corrected chi connectivity index (χ4v) is 3.81. The van der Waals surface area contributed by atoms with Gasteiger partial charge in [0.1, 0.15) is 0 Å². The molecule has 0 bridgehead atoms. The number of amides is 2. The zero-order chi connectivity index (χ0) is 17.5. The second-order valence-electron chi connectivity index (χ2n) is 7.08. The Morgan fingerprint density at radius 2 is 1.56 bits per heavy atom. The minimum Gasteiger partial charge on any atom is -0.385 e. The third-order valence-electron chi connectivity index (χ3n) is 5.34. The lowest BCUT2D eigenvalue weighted by atomic mass is 9.88. The highest BCUT2D eigenvalue weighted by atomic mass is 16.2. The molecule has 1 aromatic rings. The van der Waals surface area contributed by atoms with E-state index in [0.717, 1.165) is 18.5 Å².